The van der Waals surface area contributed by atoms with Gasteiger partial charge in [0, 0.05) is 11.0 Å². The third-order valence-corrected chi connectivity index (χ3v) is 3.02. The van der Waals surface area contributed by atoms with E-state index in [4.69, 9.17) is 5.11 Å². The van der Waals surface area contributed by atoms with E-state index in [1.165, 1.54) is 6.08 Å². The van der Waals surface area contributed by atoms with Gasteiger partial charge in [0.15, 0.2) is 0 Å². The van der Waals surface area contributed by atoms with Gasteiger partial charge in [-0.05, 0) is 35.8 Å². The van der Waals surface area contributed by atoms with Crippen LogP contribution in [0.3, 0.4) is 0 Å². The molecule has 0 radical (unpaired) electrons. The van der Waals surface area contributed by atoms with Crippen molar-refractivity contribution in [2.24, 2.45) is 5.92 Å². The van der Waals surface area contributed by atoms with E-state index in [0.717, 1.165) is 23.3 Å². The highest BCUT2D eigenvalue weighted by Gasteiger charge is 2.27. The second-order valence-corrected chi connectivity index (χ2v) is 4.14. The minimum absolute atomic E-state index is 0.495. The van der Waals surface area contributed by atoms with Crippen molar-refractivity contribution < 1.29 is 9.90 Å². The van der Waals surface area contributed by atoms with E-state index in [1.54, 1.807) is 11.3 Å². The van der Waals surface area contributed by atoms with Crippen LogP contribution in [0.5, 0.6) is 0 Å². The number of rotatable bonds is 3. The number of carboxylic acids is 1. The molecule has 1 aromatic rings. The summed E-state index contributed by atoms with van der Waals surface area (Å²) in [5.41, 5.74) is 1.00. The first-order valence-electron chi connectivity index (χ1n) is 4.26. The number of carboxylic acid groups (broad SMARTS) is 1. The van der Waals surface area contributed by atoms with Crippen LogP contribution in [0.25, 0.3) is 5.57 Å². The quantitative estimate of drug-likeness (QED) is 0.751. The van der Waals surface area contributed by atoms with Crippen molar-refractivity contribution in [1.29, 1.82) is 0 Å². The van der Waals surface area contributed by atoms with Crippen molar-refractivity contribution in [2.75, 3.05) is 0 Å². The van der Waals surface area contributed by atoms with Crippen LogP contribution in [0, 0.1) is 5.92 Å². The number of thiophene rings is 1. The lowest BCUT2D eigenvalue weighted by atomic mass is 10.1. The number of aliphatic carboxylic acids is 1. The van der Waals surface area contributed by atoms with E-state index >= 15 is 0 Å². The fraction of sp³-hybridized carbons (Fsp3) is 0.300. The van der Waals surface area contributed by atoms with Gasteiger partial charge in [0.2, 0.25) is 0 Å². The van der Waals surface area contributed by atoms with E-state index in [0.29, 0.717) is 5.92 Å². The fourth-order valence-corrected chi connectivity index (χ4v) is 2.18. The van der Waals surface area contributed by atoms with Gasteiger partial charge >= 0.3 is 5.97 Å². The van der Waals surface area contributed by atoms with E-state index in [-0.39, 0.29) is 0 Å². The topological polar surface area (TPSA) is 37.3 Å². The van der Waals surface area contributed by atoms with Crippen molar-refractivity contribution >= 4 is 22.9 Å². The molecular weight excluding hydrogens is 184 g/mol. The summed E-state index contributed by atoms with van der Waals surface area (Å²) in [6.07, 6.45) is 3.62. The standard InChI is InChI=1S/C10H10O2S/c11-10(12)6-8(7-3-4-7)9-2-1-5-13-9/h1-2,5-7H,3-4H2,(H,11,12). The van der Waals surface area contributed by atoms with Crippen LogP contribution < -0.4 is 0 Å². The summed E-state index contributed by atoms with van der Waals surface area (Å²) in [6.45, 7) is 0. The SMILES string of the molecule is O=C(O)C=C(c1cccs1)C1CC1. The molecule has 0 aromatic carbocycles. The van der Waals surface area contributed by atoms with Crippen molar-refractivity contribution in [3.63, 3.8) is 0 Å². The molecule has 2 rings (SSSR count). The summed E-state index contributed by atoms with van der Waals surface area (Å²) in [4.78, 5) is 11.7. The van der Waals surface area contributed by atoms with E-state index in [9.17, 15) is 4.79 Å². The molecule has 0 unspecified atom stereocenters. The molecule has 0 bridgehead atoms. The lowest BCUT2D eigenvalue weighted by Gasteiger charge is -1.99. The number of carbonyl (C=O) groups is 1. The van der Waals surface area contributed by atoms with Gasteiger partial charge < -0.3 is 5.11 Å². The third kappa shape index (κ3) is 1.98. The minimum Gasteiger partial charge on any atom is -0.478 e. The average molecular weight is 194 g/mol. The van der Waals surface area contributed by atoms with Gasteiger partial charge in [-0.3, -0.25) is 0 Å². The molecule has 0 atom stereocenters. The van der Waals surface area contributed by atoms with Crippen LogP contribution >= 0.6 is 11.3 Å². The van der Waals surface area contributed by atoms with Crippen molar-refractivity contribution in [1.82, 2.24) is 0 Å². The summed E-state index contributed by atoms with van der Waals surface area (Å²) in [5, 5.41) is 10.7. The van der Waals surface area contributed by atoms with Crippen LogP contribution in [-0.2, 0) is 4.79 Å². The predicted molar refractivity (Wildman–Crippen MR) is 52.7 cm³/mol. The summed E-state index contributed by atoms with van der Waals surface area (Å²) in [7, 11) is 0. The van der Waals surface area contributed by atoms with Gasteiger partial charge in [0.05, 0.1) is 0 Å². The number of allylic oxidation sites excluding steroid dienone is 1. The molecule has 0 amide bonds. The Bertz CT molecular complexity index is 334. The van der Waals surface area contributed by atoms with Gasteiger partial charge in [-0.25, -0.2) is 4.79 Å². The maximum absolute atomic E-state index is 10.6. The molecule has 1 aliphatic carbocycles. The highest BCUT2D eigenvalue weighted by Crippen LogP contribution is 2.43. The fourth-order valence-electron chi connectivity index (χ4n) is 1.36. The Morgan fingerprint density at radius 1 is 1.62 bits per heavy atom. The second-order valence-electron chi connectivity index (χ2n) is 3.19. The molecule has 0 aliphatic heterocycles. The molecule has 3 heteroatoms. The molecule has 1 aromatic heterocycles. The summed E-state index contributed by atoms with van der Waals surface area (Å²) >= 11 is 1.61. The van der Waals surface area contributed by atoms with Gasteiger partial charge in [0.25, 0.3) is 0 Å². The largest absolute Gasteiger partial charge is 0.478 e. The first kappa shape index (κ1) is 8.51. The molecule has 1 N–H and O–H groups in total. The van der Waals surface area contributed by atoms with Crippen LogP contribution in [-0.4, -0.2) is 11.1 Å². The maximum atomic E-state index is 10.6. The Labute approximate surface area is 80.5 Å². The lowest BCUT2D eigenvalue weighted by Crippen LogP contribution is -1.92. The molecular formula is C10H10O2S. The van der Waals surface area contributed by atoms with Crippen LogP contribution in [0.4, 0.5) is 0 Å². The van der Waals surface area contributed by atoms with Crippen molar-refractivity contribution in [2.45, 2.75) is 12.8 Å². The van der Waals surface area contributed by atoms with Gasteiger partial charge in [-0.2, -0.15) is 0 Å². The Morgan fingerprint density at radius 2 is 2.38 bits per heavy atom. The normalized spacial score (nSPS) is 17.4. The molecule has 13 heavy (non-hydrogen) atoms. The smallest absolute Gasteiger partial charge is 0.328 e. The second kappa shape index (κ2) is 3.34. The highest BCUT2D eigenvalue weighted by molar-refractivity contribution is 7.11. The molecule has 1 fully saturated rings. The Morgan fingerprint density at radius 3 is 2.85 bits per heavy atom. The monoisotopic (exact) mass is 194 g/mol. The third-order valence-electron chi connectivity index (χ3n) is 2.10. The lowest BCUT2D eigenvalue weighted by molar-refractivity contribution is -0.131. The molecule has 1 heterocycles. The first-order chi connectivity index (χ1) is 6.27. The summed E-state index contributed by atoms with van der Waals surface area (Å²) in [6, 6.07) is 3.94. The van der Waals surface area contributed by atoms with Crippen LogP contribution in [0.15, 0.2) is 23.6 Å². The van der Waals surface area contributed by atoms with Gasteiger partial charge in [-0.1, -0.05) is 6.07 Å². The van der Waals surface area contributed by atoms with Gasteiger partial charge in [0.1, 0.15) is 0 Å². The Kier molecular flexibility index (Phi) is 2.19. The zero-order valence-electron chi connectivity index (χ0n) is 7.06. The maximum Gasteiger partial charge on any atom is 0.328 e. The van der Waals surface area contributed by atoms with Crippen molar-refractivity contribution in [3.8, 4) is 0 Å². The first-order valence-corrected chi connectivity index (χ1v) is 5.14. The van der Waals surface area contributed by atoms with Crippen molar-refractivity contribution in [3.05, 3.63) is 28.5 Å². The summed E-state index contributed by atoms with van der Waals surface area (Å²) < 4.78 is 0. The molecule has 68 valence electrons. The van der Waals surface area contributed by atoms with Crippen LogP contribution in [0.1, 0.15) is 17.7 Å². The molecule has 1 saturated carbocycles. The van der Waals surface area contributed by atoms with E-state index < -0.39 is 5.97 Å². The number of hydrogen-bond donors (Lipinski definition) is 1. The predicted octanol–water partition coefficient (Wildman–Crippen LogP) is 2.63. The van der Waals surface area contributed by atoms with E-state index in [1.807, 2.05) is 17.5 Å². The Balaban J connectivity index is 2.29. The summed E-state index contributed by atoms with van der Waals surface area (Å²) in [5.74, 6) is -0.343. The van der Waals surface area contributed by atoms with Gasteiger partial charge in [-0.15, -0.1) is 11.3 Å². The molecule has 2 nitrogen and oxygen atoms in total. The molecule has 0 saturated heterocycles. The highest BCUT2D eigenvalue weighted by atomic mass is 32.1. The average Bonchev–Trinajstić information content (AvgIpc) is 2.77. The molecule has 1 aliphatic rings. The minimum atomic E-state index is -0.838. The molecule has 0 spiro atoms. The van der Waals surface area contributed by atoms with Crippen LogP contribution in [0.2, 0.25) is 0 Å². The zero-order valence-corrected chi connectivity index (χ0v) is 7.88. The Hall–Kier alpha value is -1.09. The van der Waals surface area contributed by atoms with E-state index in [2.05, 4.69) is 0 Å². The zero-order chi connectivity index (χ0) is 9.26. The number of hydrogen-bond acceptors (Lipinski definition) is 2.